The minimum Gasteiger partial charge on any atom is -0.366 e. The Hall–Kier alpha value is -1.05. The fraction of sp³-hybridized carbons (Fsp3) is 0.500. The van der Waals surface area contributed by atoms with Crippen molar-refractivity contribution >= 4 is 5.91 Å². The zero-order valence-corrected chi connectivity index (χ0v) is 8.06. The molecule has 1 amide bonds. The first kappa shape index (κ1) is 9.04. The molecule has 0 aromatic carbocycles. The molecule has 0 fully saturated rings. The predicted molar refractivity (Wildman–Crippen MR) is 49.4 cm³/mol. The molecule has 2 N–H and O–H groups in total. The van der Waals surface area contributed by atoms with Crippen molar-refractivity contribution < 1.29 is 4.79 Å². The summed E-state index contributed by atoms with van der Waals surface area (Å²) in [7, 11) is 0. The Morgan fingerprint density at radius 2 is 1.75 bits per heavy atom. The Bertz CT molecular complexity index is 297. The van der Waals surface area contributed by atoms with Gasteiger partial charge in [-0.2, -0.15) is 0 Å². The van der Waals surface area contributed by atoms with Crippen molar-refractivity contribution in [2.24, 2.45) is 11.7 Å². The summed E-state index contributed by atoms with van der Waals surface area (Å²) in [5, 5.41) is 0. The third-order valence-corrected chi connectivity index (χ3v) is 2.91. The molecule has 1 atom stereocenters. The maximum atomic E-state index is 11.1. The molecule has 0 spiro atoms. The van der Waals surface area contributed by atoms with Gasteiger partial charge in [0.25, 0.3) is 0 Å². The van der Waals surface area contributed by atoms with Gasteiger partial charge >= 0.3 is 0 Å². The second kappa shape index (κ2) is 2.77. The fourth-order valence-corrected chi connectivity index (χ4v) is 1.76. The minimum atomic E-state index is -0.281. The molecule has 0 aromatic rings. The van der Waals surface area contributed by atoms with Crippen molar-refractivity contribution in [1.82, 2.24) is 0 Å². The summed E-state index contributed by atoms with van der Waals surface area (Å²) in [5.74, 6) is -0.0706. The van der Waals surface area contributed by atoms with E-state index in [1.807, 2.05) is 20.8 Å². The number of rotatable bonds is 1. The lowest BCUT2D eigenvalue weighted by Gasteiger charge is -2.07. The Kier molecular flexibility index (Phi) is 2.09. The number of carbonyl (C=O) groups excluding carboxylic acids is 1. The van der Waals surface area contributed by atoms with Crippen LogP contribution in [0.15, 0.2) is 22.3 Å². The van der Waals surface area contributed by atoms with E-state index in [1.165, 1.54) is 11.1 Å². The van der Waals surface area contributed by atoms with E-state index >= 15 is 0 Å². The van der Waals surface area contributed by atoms with Crippen LogP contribution < -0.4 is 5.73 Å². The second-order valence-electron chi connectivity index (χ2n) is 3.43. The van der Waals surface area contributed by atoms with E-state index in [9.17, 15) is 4.79 Å². The highest BCUT2D eigenvalue weighted by Crippen LogP contribution is 2.35. The van der Waals surface area contributed by atoms with Gasteiger partial charge in [0.15, 0.2) is 0 Å². The van der Waals surface area contributed by atoms with Crippen molar-refractivity contribution in [2.45, 2.75) is 27.7 Å². The van der Waals surface area contributed by atoms with Gasteiger partial charge in [-0.25, -0.2) is 0 Å². The van der Waals surface area contributed by atoms with Gasteiger partial charge in [-0.1, -0.05) is 12.5 Å². The number of primary amides is 1. The van der Waals surface area contributed by atoms with Gasteiger partial charge in [-0.15, -0.1) is 0 Å². The average Bonchev–Trinajstić information content (AvgIpc) is 2.16. The van der Waals surface area contributed by atoms with Crippen LogP contribution in [-0.2, 0) is 4.79 Å². The summed E-state index contributed by atoms with van der Waals surface area (Å²) in [6.45, 7) is 8.08. The van der Waals surface area contributed by atoms with E-state index in [0.29, 0.717) is 0 Å². The lowest BCUT2D eigenvalue weighted by atomic mass is 9.98. The smallest absolute Gasteiger partial charge is 0.245 e. The molecule has 12 heavy (non-hydrogen) atoms. The molecule has 0 radical (unpaired) electrons. The molecule has 0 aromatic heterocycles. The third-order valence-electron chi connectivity index (χ3n) is 2.91. The van der Waals surface area contributed by atoms with Crippen molar-refractivity contribution in [3.05, 3.63) is 22.3 Å². The first-order chi connectivity index (χ1) is 5.46. The van der Waals surface area contributed by atoms with E-state index in [4.69, 9.17) is 5.73 Å². The van der Waals surface area contributed by atoms with Crippen molar-refractivity contribution in [1.29, 1.82) is 0 Å². The SMILES string of the molecule is CC1=C(C)C(C)C(C(N)=O)=C1C. The fourth-order valence-electron chi connectivity index (χ4n) is 1.76. The molecule has 2 nitrogen and oxygen atoms in total. The molecule has 66 valence electrons. The molecule has 1 aliphatic carbocycles. The van der Waals surface area contributed by atoms with Gasteiger partial charge < -0.3 is 5.73 Å². The highest BCUT2D eigenvalue weighted by molar-refractivity contribution is 5.95. The van der Waals surface area contributed by atoms with Crippen LogP contribution in [-0.4, -0.2) is 5.91 Å². The highest BCUT2D eigenvalue weighted by atomic mass is 16.1. The van der Waals surface area contributed by atoms with E-state index in [-0.39, 0.29) is 11.8 Å². The Balaban J connectivity index is 3.17. The number of carbonyl (C=O) groups is 1. The van der Waals surface area contributed by atoms with Gasteiger partial charge in [0.05, 0.1) is 0 Å². The zero-order chi connectivity index (χ0) is 9.46. The van der Waals surface area contributed by atoms with Crippen LogP contribution in [0.25, 0.3) is 0 Å². The topological polar surface area (TPSA) is 43.1 Å². The molecule has 0 heterocycles. The van der Waals surface area contributed by atoms with Crippen LogP contribution in [0.1, 0.15) is 27.7 Å². The molecule has 1 rings (SSSR count). The van der Waals surface area contributed by atoms with Crippen molar-refractivity contribution in [3.8, 4) is 0 Å². The van der Waals surface area contributed by atoms with E-state index in [0.717, 1.165) is 11.1 Å². The zero-order valence-electron chi connectivity index (χ0n) is 8.06. The molecular weight excluding hydrogens is 150 g/mol. The van der Waals surface area contributed by atoms with E-state index < -0.39 is 0 Å². The van der Waals surface area contributed by atoms with Crippen LogP contribution in [0.4, 0.5) is 0 Å². The van der Waals surface area contributed by atoms with Crippen LogP contribution >= 0.6 is 0 Å². The summed E-state index contributed by atoms with van der Waals surface area (Å²) in [5.41, 5.74) is 9.61. The number of allylic oxidation sites excluding steroid dienone is 3. The minimum absolute atomic E-state index is 0.211. The molecule has 2 heteroatoms. The number of nitrogens with two attached hydrogens (primary N) is 1. The molecule has 0 saturated heterocycles. The largest absolute Gasteiger partial charge is 0.366 e. The van der Waals surface area contributed by atoms with Gasteiger partial charge in [0.2, 0.25) is 5.91 Å². The lowest BCUT2D eigenvalue weighted by Crippen LogP contribution is -2.18. The van der Waals surface area contributed by atoms with E-state index in [1.54, 1.807) is 0 Å². The summed E-state index contributed by atoms with van der Waals surface area (Å²) in [6, 6.07) is 0. The number of hydrogen-bond donors (Lipinski definition) is 1. The quantitative estimate of drug-likeness (QED) is 0.632. The average molecular weight is 165 g/mol. The Labute approximate surface area is 73.1 Å². The Morgan fingerprint density at radius 3 is 1.92 bits per heavy atom. The van der Waals surface area contributed by atoms with Crippen molar-refractivity contribution in [2.75, 3.05) is 0 Å². The first-order valence-electron chi connectivity index (χ1n) is 4.15. The summed E-state index contributed by atoms with van der Waals surface area (Å²) in [4.78, 5) is 11.1. The van der Waals surface area contributed by atoms with Crippen LogP contribution in [0, 0.1) is 5.92 Å². The Morgan fingerprint density at radius 1 is 1.25 bits per heavy atom. The lowest BCUT2D eigenvalue weighted by molar-refractivity contribution is -0.114. The second-order valence-corrected chi connectivity index (χ2v) is 3.43. The molecule has 0 aliphatic heterocycles. The molecule has 0 bridgehead atoms. The number of amides is 1. The van der Waals surface area contributed by atoms with Crippen LogP contribution in [0.3, 0.4) is 0 Å². The molecular formula is C10H15NO. The molecule has 0 saturated carbocycles. The monoisotopic (exact) mass is 165 g/mol. The van der Waals surface area contributed by atoms with Crippen molar-refractivity contribution in [3.63, 3.8) is 0 Å². The first-order valence-corrected chi connectivity index (χ1v) is 4.15. The van der Waals surface area contributed by atoms with Crippen LogP contribution in [0.5, 0.6) is 0 Å². The highest BCUT2D eigenvalue weighted by Gasteiger charge is 2.26. The predicted octanol–water partition coefficient (Wildman–Crippen LogP) is 1.77. The summed E-state index contributed by atoms with van der Waals surface area (Å²) >= 11 is 0. The van der Waals surface area contributed by atoms with Gasteiger partial charge in [-0.05, 0) is 31.9 Å². The van der Waals surface area contributed by atoms with Gasteiger partial charge in [0.1, 0.15) is 0 Å². The molecule has 1 unspecified atom stereocenters. The standard InChI is InChI=1S/C10H15NO/c1-5-6(2)8(4)9(7(5)3)10(11)12/h7H,1-4H3,(H2,11,12). The van der Waals surface area contributed by atoms with Gasteiger partial charge in [-0.3, -0.25) is 4.79 Å². The number of hydrogen-bond acceptors (Lipinski definition) is 1. The van der Waals surface area contributed by atoms with Crippen LogP contribution in [0.2, 0.25) is 0 Å². The maximum absolute atomic E-state index is 11.1. The van der Waals surface area contributed by atoms with E-state index in [2.05, 4.69) is 6.92 Å². The summed E-state index contributed by atoms with van der Waals surface area (Å²) < 4.78 is 0. The molecule has 1 aliphatic rings. The summed E-state index contributed by atoms with van der Waals surface area (Å²) in [6.07, 6.45) is 0. The van der Waals surface area contributed by atoms with Gasteiger partial charge in [0, 0.05) is 11.5 Å². The normalized spacial score (nSPS) is 23.8. The third kappa shape index (κ3) is 1.07. The maximum Gasteiger partial charge on any atom is 0.245 e.